The Morgan fingerprint density at radius 2 is 1.66 bits per heavy atom. The van der Waals surface area contributed by atoms with Crippen LogP contribution in [0.5, 0.6) is 0 Å². The lowest BCUT2D eigenvalue weighted by atomic mass is 9.91. The maximum atomic E-state index is 13.4. The zero-order chi connectivity index (χ0) is 24.5. The molecule has 35 heavy (non-hydrogen) atoms. The third kappa shape index (κ3) is 4.90. The smallest absolute Gasteiger partial charge is 0.407 e. The van der Waals surface area contributed by atoms with Gasteiger partial charge in [0.2, 0.25) is 5.91 Å². The number of hydrogen-bond donors (Lipinski definition) is 2. The van der Waals surface area contributed by atoms with Crippen molar-refractivity contribution in [2.24, 2.45) is 11.8 Å². The highest BCUT2D eigenvalue weighted by Gasteiger charge is 2.38. The van der Waals surface area contributed by atoms with Gasteiger partial charge in [-0.15, -0.1) is 0 Å². The largest absolute Gasteiger partial charge is 0.481 e. The Hall–Kier alpha value is -3.35. The SMILES string of the molecule is C[C@H]1C[C@@H](C(=O)O)CCN1C(=O)C(CC1CC1)NC(=O)OCC1c2ccccc2-c2ccccc21. The Kier molecular flexibility index (Phi) is 6.50. The average Bonchev–Trinajstić information content (AvgIpc) is 3.62. The first kappa shape index (κ1) is 23.4. The van der Waals surface area contributed by atoms with Crippen molar-refractivity contribution in [3.63, 3.8) is 0 Å². The lowest BCUT2D eigenvalue weighted by Gasteiger charge is -2.38. The van der Waals surface area contributed by atoms with E-state index in [0.717, 1.165) is 35.1 Å². The van der Waals surface area contributed by atoms with Crippen molar-refractivity contribution in [2.75, 3.05) is 13.2 Å². The maximum absolute atomic E-state index is 13.4. The number of carbonyl (C=O) groups is 3. The van der Waals surface area contributed by atoms with Crippen LogP contribution in [0.15, 0.2) is 48.5 Å². The summed E-state index contributed by atoms with van der Waals surface area (Å²) in [6.07, 6.45) is 3.00. The molecule has 2 aromatic carbocycles. The van der Waals surface area contributed by atoms with Crippen molar-refractivity contribution >= 4 is 18.0 Å². The Morgan fingerprint density at radius 1 is 1.03 bits per heavy atom. The van der Waals surface area contributed by atoms with E-state index in [1.807, 2.05) is 31.2 Å². The average molecular weight is 477 g/mol. The van der Waals surface area contributed by atoms with Gasteiger partial charge in [0, 0.05) is 18.5 Å². The molecule has 2 N–H and O–H groups in total. The maximum Gasteiger partial charge on any atom is 0.407 e. The molecular weight excluding hydrogens is 444 g/mol. The quantitative estimate of drug-likeness (QED) is 0.617. The number of carboxylic acid groups (broad SMARTS) is 1. The summed E-state index contributed by atoms with van der Waals surface area (Å²) in [5, 5.41) is 12.2. The van der Waals surface area contributed by atoms with E-state index in [0.29, 0.717) is 31.7 Å². The van der Waals surface area contributed by atoms with Gasteiger partial charge in [-0.1, -0.05) is 61.4 Å². The lowest BCUT2D eigenvalue weighted by Crippen LogP contribution is -2.54. The number of aliphatic carboxylic acids is 1. The standard InChI is InChI=1S/C28H32N2O5/c1-17-14-19(27(32)33)12-13-30(17)26(31)25(15-18-10-11-18)29-28(34)35-16-24-22-8-4-2-6-20(22)21-7-3-5-9-23(21)24/h2-9,17-19,24-25H,10-16H2,1H3,(H,29,34)(H,32,33)/t17-,19-,25?/m0/s1. The molecule has 0 radical (unpaired) electrons. The predicted octanol–water partition coefficient (Wildman–Crippen LogP) is 4.41. The summed E-state index contributed by atoms with van der Waals surface area (Å²) in [5.41, 5.74) is 4.61. The zero-order valence-corrected chi connectivity index (χ0v) is 20.0. The monoisotopic (exact) mass is 476 g/mol. The van der Waals surface area contributed by atoms with E-state index in [-0.39, 0.29) is 24.5 Å². The molecular formula is C28H32N2O5. The van der Waals surface area contributed by atoms with Crippen molar-refractivity contribution in [2.45, 2.75) is 57.0 Å². The number of nitrogens with one attached hydrogen (secondary N) is 1. The summed E-state index contributed by atoms with van der Waals surface area (Å²) < 4.78 is 5.69. The highest BCUT2D eigenvalue weighted by atomic mass is 16.5. The van der Waals surface area contributed by atoms with E-state index in [2.05, 4.69) is 29.6 Å². The van der Waals surface area contributed by atoms with Gasteiger partial charge in [-0.3, -0.25) is 9.59 Å². The molecule has 2 fully saturated rings. The third-order valence-corrected chi connectivity index (χ3v) is 7.71. The van der Waals surface area contributed by atoms with Gasteiger partial charge in [-0.2, -0.15) is 0 Å². The molecule has 1 unspecified atom stereocenters. The summed E-state index contributed by atoms with van der Waals surface area (Å²) >= 11 is 0. The highest BCUT2D eigenvalue weighted by molar-refractivity contribution is 5.86. The predicted molar refractivity (Wildman–Crippen MR) is 131 cm³/mol. The second-order valence-corrected chi connectivity index (χ2v) is 10.1. The Labute approximate surface area is 205 Å². The first-order valence-electron chi connectivity index (χ1n) is 12.6. The number of nitrogens with zero attached hydrogens (tertiary/aromatic N) is 1. The number of carbonyl (C=O) groups excluding carboxylic acids is 2. The van der Waals surface area contributed by atoms with Crippen LogP contribution in [0.25, 0.3) is 11.1 Å². The van der Waals surface area contributed by atoms with E-state index >= 15 is 0 Å². The van der Waals surface area contributed by atoms with E-state index in [9.17, 15) is 19.5 Å². The minimum atomic E-state index is -0.810. The molecule has 1 aliphatic heterocycles. The number of piperidine rings is 1. The molecule has 0 bridgehead atoms. The second-order valence-electron chi connectivity index (χ2n) is 10.1. The minimum absolute atomic E-state index is 0.0409. The highest BCUT2D eigenvalue weighted by Crippen LogP contribution is 2.44. The molecule has 2 amide bonds. The van der Waals surface area contributed by atoms with Crippen LogP contribution < -0.4 is 5.32 Å². The number of alkyl carbamates (subject to hydrolysis) is 1. The van der Waals surface area contributed by atoms with Crippen LogP contribution in [0.4, 0.5) is 4.79 Å². The summed E-state index contributed by atoms with van der Waals surface area (Å²) in [6.45, 7) is 2.48. The molecule has 7 nitrogen and oxygen atoms in total. The van der Waals surface area contributed by atoms with Crippen LogP contribution in [0, 0.1) is 11.8 Å². The first-order chi connectivity index (χ1) is 16.9. The second kappa shape index (κ2) is 9.72. The number of ether oxygens (including phenoxy) is 1. The summed E-state index contributed by atoms with van der Waals surface area (Å²) in [5.74, 6) is -0.978. The molecule has 184 valence electrons. The number of likely N-dealkylation sites (tertiary alicyclic amines) is 1. The molecule has 3 aliphatic rings. The lowest BCUT2D eigenvalue weighted by molar-refractivity contribution is -0.148. The van der Waals surface area contributed by atoms with Gasteiger partial charge in [0.25, 0.3) is 0 Å². The fourth-order valence-corrected chi connectivity index (χ4v) is 5.61. The molecule has 0 aromatic heterocycles. The summed E-state index contributed by atoms with van der Waals surface area (Å²) in [4.78, 5) is 39.3. The molecule has 1 saturated carbocycles. The molecule has 1 heterocycles. The van der Waals surface area contributed by atoms with Gasteiger partial charge in [-0.25, -0.2) is 4.79 Å². The number of carboxylic acids is 1. The van der Waals surface area contributed by atoms with Gasteiger partial charge in [0.15, 0.2) is 0 Å². The van der Waals surface area contributed by atoms with E-state index in [1.54, 1.807) is 4.90 Å². The third-order valence-electron chi connectivity index (χ3n) is 7.71. The van der Waals surface area contributed by atoms with Gasteiger partial charge in [0.05, 0.1) is 5.92 Å². The van der Waals surface area contributed by atoms with Gasteiger partial charge in [0.1, 0.15) is 12.6 Å². The molecule has 7 heteroatoms. The van der Waals surface area contributed by atoms with E-state index in [4.69, 9.17) is 4.74 Å². The normalized spacial score (nSPS) is 22.1. The number of fused-ring (bicyclic) bond motifs is 3. The minimum Gasteiger partial charge on any atom is -0.481 e. The fourth-order valence-electron chi connectivity index (χ4n) is 5.61. The van der Waals surface area contributed by atoms with Crippen molar-refractivity contribution in [3.8, 4) is 11.1 Å². The van der Waals surface area contributed by atoms with Crippen LogP contribution in [-0.4, -0.2) is 53.2 Å². The van der Waals surface area contributed by atoms with Crippen molar-refractivity contribution in [3.05, 3.63) is 59.7 Å². The van der Waals surface area contributed by atoms with Crippen LogP contribution in [-0.2, 0) is 14.3 Å². The molecule has 5 rings (SSSR count). The van der Waals surface area contributed by atoms with Crippen LogP contribution in [0.1, 0.15) is 56.1 Å². The van der Waals surface area contributed by atoms with E-state index in [1.165, 1.54) is 0 Å². The molecule has 3 atom stereocenters. The van der Waals surface area contributed by atoms with Crippen LogP contribution in [0.2, 0.25) is 0 Å². The van der Waals surface area contributed by atoms with Crippen LogP contribution in [0.3, 0.4) is 0 Å². The molecule has 2 aliphatic carbocycles. The summed E-state index contributed by atoms with van der Waals surface area (Å²) in [7, 11) is 0. The van der Waals surface area contributed by atoms with E-state index < -0.39 is 24.0 Å². The first-order valence-corrected chi connectivity index (χ1v) is 12.6. The molecule has 0 spiro atoms. The van der Waals surface area contributed by atoms with Gasteiger partial charge >= 0.3 is 12.1 Å². The van der Waals surface area contributed by atoms with Crippen LogP contribution >= 0.6 is 0 Å². The Morgan fingerprint density at radius 3 is 2.23 bits per heavy atom. The van der Waals surface area contributed by atoms with Crippen molar-refractivity contribution < 1.29 is 24.2 Å². The van der Waals surface area contributed by atoms with Gasteiger partial charge < -0.3 is 20.1 Å². The Bertz CT molecular complexity index is 1080. The Balaban J connectivity index is 1.24. The topological polar surface area (TPSA) is 95.9 Å². The number of hydrogen-bond acceptors (Lipinski definition) is 4. The molecule has 1 saturated heterocycles. The number of benzene rings is 2. The summed E-state index contributed by atoms with van der Waals surface area (Å²) in [6, 6.07) is 15.5. The zero-order valence-electron chi connectivity index (χ0n) is 20.0. The van der Waals surface area contributed by atoms with Gasteiger partial charge in [-0.05, 0) is 54.4 Å². The number of rotatable bonds is 7. The van der Waals surface area contributed by atoms with Crippen molar-refractivity contribution in [1.29, 1.82) is 0 Å². The fraction of sp³-hybridized carbons (Fsp3) is 0.464. The number of amides is 2. The molecule has 2 aromatic rings. The van der Waals surface area contributed by atoms with Crippen molar-refractivity contribution in [1.82, 2.24) is 10.2 Å².